The number of carbonyl (C=O) groups is 4. The smallest absolute Gasteiger partial charge is 0.338 e. The Morgan fingerprint density at radius 3 is 2.38 bits per heavy atom. The van der Waals surface area contributed by atoms with E-state index in [9.17, 15) is 19.2 Å². The van der Waals surface area contributed by atoms with E-state index in [2.05, 4.69) is 5.32 Å². The van der Waals surface area contributed by atoms with Crippen LogP contribution in [0.3, 0.4) is 0 Å². The molecule has 1 aliphatic rings. The Morgan fingerprint density at radius 1 is 0.971 bits per heavy atom. The van der Waals surface area contributed by atoms with E-state index in [-0.39, 0.29) is 16.7 Å². The first-order valence-corrected chi connectivity index (χ1v) is 10.9. The molecule has 3 aromatic carbocycles. The Hall–Kier alpha value is -3.97. The van der Waals surface area contributed by atoms with Crippen molar-refractivity contribution in [3.63, 3.8) is 0 Å². The predicted molar refractivity (Wildman–Crippen MR) is 127 cm³/mol. The number of nitrogens with zero attached hydrogens (tertiary/aromatic N) is 1. The van der Waals surface area contributed by atoms with Crippen LogP contribution >= 0.6 is 11.6 Å². The summed E-state index contributed by atoms with van der Waals surface area (Å²) in [5.74, 6) is -2.23. The third kappa shape index (κ3) is 4.56. The lowest BCUT2D eigenvalue weighted by Gasteiger charge is -2.22. The monoisotopic (exact) mass is 476 g/mol. The van der Waals surface area contributed by atoms with Crippen molar-refractivity contribution in [1.82, 2.24) is 4.90 Å². The molecule has 0 bridgehead atoms. The highest BCUT2D eigenvalue weighted by molar-refractivity contribution is 6.31. The Morgan fingerprint density at radius 2 is 1.68 bits per heavy atom. The summed E-state index contributed by atoms with van der Waals surface area (Å²) in [4.78, 5) is 51.7. The average Bonchev–Trinajstić information content (AvgIpc) is 3.09. The highest BCUT2D eigenvalue weighted by atomic mass is 35.5. The van der Waals surface area contributed by atoms with Gasteiger partial charge in [0.15, 0.2) is 6.61 Å². The molecule has 1 N–H and O–H groups in total. The molecule has 0 aliphatic carbocycles. The molecule has 34 heavy (non-hydrogen) atoms. The maximum atomic E-state index is 13.0. The van der Waals surface area contributed by atoms with Gasteiger partial charge in [0.25, 0.3) is 17.7 Å². The molecule has 1 aliphatic heterocycles. The van der Waals surface area contributed by atoms with E-state index in [1.165, 1.54) is 23.1 Å². The first-order chi connectivity index (χ1) is 16.3. The normalized spacial score (nSPS) is 13.4. The molecular weight excluding hydrogens is 456 g/mol. The summed E-state index contributed by atoms with van der Waals surface area (Å²) in [5, 5.41) is 3.10. The van der Waals surface area contributed by atoms with E-state index in [1.807, 2.05) is 37.3 Å². The molecule has 7 nitrogen and oxygen atoms in total. The summed E-state index contributed by atoms with van der Waals surface area (Å²) in [6.45, 7) is 3.09. The van der Waals surface area contributed by atoms with Crippen molar-refractivity contribution in [3.8, 4) is 0 Å². The number of esters is 1. The third-order valence-electron chi connectivity index (χ3n) is 5.61. The lowest BCUT2D eigenvalue weighted by atomic mass is 10.1. The van der Waals surface area contributed by atoms with Gasteiger partial charge in [0.2, 0.25) is 0 Å². The average molecular weight is 477 g/mol. The molecule has 0 radical (unpaired) electrons. The van der Waals surface area contributed by atoms with Gasteiger partial charge in [-0.25, -0.2) is 4.79 Å². The first kappa shape index (κ1) is 23.2. The largest absolute Gasteiger partial charge is 0.452 e. The molecule has 3 aromatic rings. The van der Waals surface area contributed by atoms with Crippen molar-refractivity contribution in [2.24, 2.45) is 0 Å². The van der Waals surface area contributed by atoms with Gasteiger partial charge < -0.3 is 10.1 Å². The number of benzene rings is 3. The van der Waals surface area contributed by atoms with Gasteiger partial charge >= 0.3 is 5.97 Å². The van der Waals surface area contributed by atoms with Crippen molar-refractivity contribution in [2.75, 3.05) is 11.9 Å². The molecule has 1 atom stereocenters. The standard InChI is InChI=1S/C26H21ClN2O5/c1-15-8-10-19(13-22(15)27)28-23(30)14-34-26(33)18-9-11-20-21(12-18)25(32)29(24(20)31)16(2)17-6-4-3-5-7-17/h3-13,16H,14H2,1-2H3,(H,28,30)/t16-/m0/s1. The molecular formula is C26H21ClN2O5. The summed E-state index contributed by atoms with van der Waals surface area (Å²) in [6.07, 6.45) is 0. The Bertz CT molecular complexity index is 1310. The second-order valence-corrected chi connectivity index (χ2v) is 8.32. The lowest BCUT2D eigenvalue weighted by Crippen LogP contribution is -2.32. The van der Waals surface area contributed by atoms with Crippen LogP contribution in [0.5, 0.6) is 0 Å². The van der Waals surface area contributed by atoms with Gasteiger partial charge in [-0.2, -0.15) is 0 Å². The fraction of sp³-hybridized carbons (Fsp3) is 0.154. The SMILES string of the molecule is Cc1ccc(NC(=O)COC(=O)c2ccc3c(c2)C(=O)N([C@@H](C)c2ccccc2)C3=O)cc1Cl. The van der Waals surface area contributed by atoms with Gasteiger partial charge in [0.1, 0.15) is 0 Å². The summed E-state index contributed by atoms with van der Waals surface area (Å²) in [5.41, 5.74) is 2.58. The number of anilines is 1. The quantitative estimate of drug-likeness (QED) is 0.407. The molecule has 0 saturated heterocycles. The fourth-order valence-corrected chi connectivity index (χ4v) is 3.88. The second kappa shape index (κ2) is 9.49. The minimum absolute atomic E-state index is 0.0697. The summed E-state index contributed by atoms with van der Waals surface area (Å²) in [7, 11) is 0. The van der Waals surface area contributed by atoms with Crippen molar-refractivity contribution in [3.05, 3.63) is 99.6 Å². The number of nitrogens with one attached hydrogen (secondary N) is 1. The highest BCUT2D eigenvalue weighted by Gasteiger charge is 2.39. The van der Waals surface area contributed by atoms with E-state index < -0.39 is 36.3 Å². The van der Waals surface area contributed by atoms with Crippen LogP contribution in [0.2, 0.25) is 5.02 Å². The molecule has 0 spiro atoms. The molecule has 0 aromatic heterocycles. The molecule has 8 heteroatoms. The van der Waals surface area contributed by atoms with Crippen LogP contribution < -0.4 is 5.32 Å². The van der Waals surface area contributed by atoms with Crippen LogP contribution in [0.4, 0.5) is 5.69 Å². The lowest BCUT2D eigenvalue weighted by molar-refractivity contribution is -0.119. The Labute approximate surface area is 201 Å². The van der Waals surface area contributed by atoms with Crippen LogP contribution in [-0.2, 0) is 9.53 Å². The van der Waals surface area contributed by atoms with Gasteiger partial charge in [-0.1, -0.05) is 48.0 Å². The topological polar surface area (TPSA) is 92.8 Å². The summed E-state index contributed by atoms with van der Waals surface area (Å²) < 4.78 is 5.09. The predicted octanol–water partition coefficient (Wildman–Crippen LogP) is 4.80. The van der Waals surface area contributed by atoms with Crippen LogP contribution in [0.1, 0.15) is 55.2 Å². The molecule has 1 heterocycles. The fourth-order valence-electron chi connectivity index (χ4n) is 3.70. The first-order valence-electron chi connectivity index (χ1n) is 10.6. The zero-order chi connectivity index (χ0) is 24.4. The van der Waals surface area contributed by atoms with Crippen LogP contribution in [0.25, 0.3) is 0 Å². The van der Waals surface area contributed by atoms with Crippen molar-refractivity contribution < 1.29 is 23.9 Å². The van der Waals surface area contributed by atoms with E-state index in [0.29, 0.717) is 10.7 Å². The number of aryl methyl sites for hydroxylation is 1. The zero-order valence-electron chi connectivity index (χ0n) is 18.5. The molecule has 172 valence electrons. The maximum Gasteiger partial charge on any atom is 0.338 e. The number of halogens is 1. The van der Waals surface area contributed by atoms with Gasteiger partial charge in [-0.15, -0.1) is 0 Å². The van der Waals surface area contributed by atoms with Gasteiger partial charge in [-0.3, -0.25) is 19.3 Å². The van der Waals surface area contributed by atoms with E-state index in [1.54, 1.807) is 25.1 Å². The number of amides is 3. The number of rotatable bonds is 6. The maximum absolute atomic E-state index is 13.0. The summed E-state index contributed by atoms with van der Waals surface area (Å²) in [6, 6.07) is 17.9. The van der Waals surface area contributed by atoms with Crippen LogP contribution in [0, 0.1) is 6.92 Å². The number of carbonyl (C=O) groups excluding carboxylic acids is 4. The second-order valence-electron chi connectivity index (χ2n) is 7.92. The van der Waals surface area contributed by atoms with Gasteiger partial charge in [0.05, 0.1) is 22.7 Å². The van der Waals surface area contributed by atoms with Crippen molar-refractivity contribution in [1.29, 1.82) is 0 Å². The molecule has 0 fully saturated rings. The zero-order valence-corrected chi connectivity index (χ0v) is 19.3. The minimum atomic E-state index is -0.783. The number of ether oxygens (including phenoxy) is 1. The van der Waals surface area contributed by atoms with E-state index >= 15 is 0 Å². The van der Waals surface area contributed by atoms with E-state index in [0.717, 1.165) is 11.1 Å². The Kier molecular flexibility index (Phi) is 6.47. The van der Waals surface area contributed by atoms with Crippen LogP contribution in [0.15, 0.2) is 66.7 Å². The van der Waals surface area contributed by atoms with Crippen molar-refractivity contribution in [2.45, 2.75) is 19.9 Å². The van der Waals surface area contributed by atoms with Gasteiger partial charge in [0, 0.05) is 10.7 Å². The minimum Gasteiger partial charge on any atom is -0.452 e. The summed E-state index contributed by atoms with van der Waals surface area (Å²) >= 11 is 6.05. The number of imide groups is 1. The van der Waals surface area contributed by atoms with Crippen molar-refractivity contribution >= 4 is 41.0 Å². The number of hydrogen-bond acceptors (Lipinski definition) is 5. The highest BCUT2D eigenvalue weighted by Crippen LogP contribution is 2.31. The van der Waals surface area contributed by atoms with Gasteiger partial charge in [-0.05, 0) is 55.3 Å². The van der Waals surface area contributed by atoms with E-state index in [4.69, 9.17) is 16.3 Å². The number of hydrogen-bond donors (Lipinski definition) is 1. The molecule has 3 amide bonds. The van der Waals surface area contributed by atoms with Crippen LogP contribution in [-0.4, -0.2) is 35.2 Å². The Balaban J connectivity index is 1.43. The molecule has 0 unspecified atom stereocenters. The third-order valence-corrected chi connectivity index (χ3v) is 6.02. The molecule has 0 saturated carbocycles. The number of fused-ring (bicyclic) bond motifs is 1. The molecule has 4 rings (SSSR count).